The highest BCUT2D eigenvalue weighted by atomic mass is 16.3. The van der Waals surface area contributed by atoms with E-state index in [0.717, 1.165) is 13.0 Å². The van der Waals surface area contributed by atoms with Crippen molar-refractivity contribution in [3.63, 3.8) is 0 Å². The van der Waals surface area contributed by atoms with E-state index >= 15 is 0 Å². The van der Waals surface area contributed by atoms with Crippen LogP contribution in [-0.2, 0) is 6.42 Å². The SMILES string of the molecule is Oc1ccc2c(c1)C1CCCN(CCc3ccccc3)C2C1. The fraction of sp³-hybridized carbons (Fsp3) is 0.400. The first-order valence-corrected chi connectivity index (χ1v) is 8.42. The van der Waals surface area contributed by atoms with E-state index in [1.165, 1.54) is 42.5 Å². The summed E-state index contributed by atoms with van der Waals surface area (Å²) < 4.78 is 0. The Morgan fingerprint density at radius 3 is 2.77 bits per heavy atom. The van der Waals surface area contributed by atoms with Gasteiger partial charge in [0.05, 0.1) is 0 Å². The van der Waals surface area contributed by atoms with Crippen molar-refractivity contribution in [1.82, 2.24) is 4.90 Å². The van der Waals surface area contributed by atoms with Gasteiger partial charge >= 0.3 is 0 Å². The van der Waals surface area contributed by atoms with Gasteiger partial charge < -0.3 is 5.11 Å². The summed E-state index contributed by atoms with van der Waals surface area (Å²) in [4.78, 5) is 2.66. The van der Waals surface area contributed by atoms with Gasteiger partial charge in [-0.1, -0.05) is 36.4 Å². The number of hydrogen-bond donors (Lipinski definition) is 1. The first-order valence-electron chi connectivity index (χ1n) is 8.42. The van der Waals surface area contributed by atoms with Crippen LogP contribution in [0.1, 0.15) is 47.9 Å². The van der Waals surface area contributed by atoms with Crippen LogP contribution >= 0.6 is 0 Å². The molecule has 2 aliphatic rings. The number of phenolic OH excluding ortho intramolecular Hbond substituents is 1. The second-order valence-corrected chi connectivity index (χ2v) is 6.68. The molecule has 0 spiro atoms. The Kier molecular flexibility index (Phi) is 3.63. The van der Waals surface area contributed by atoms with E-state index < -0.39 is 0 Å². The van der Waals surface area contributed by atoms with Crippen LogP contribution in [0, 0.1) is 0 Å². The molecule has 1 heterocycles. The third-order valence-corrected chi connectivity index (χ3v) is 5.35. The number of fused-ring (bicyclic) bond motifs is 5. The predicted octanol–water partition coefficient (Wildman–Crippen LogP) is 4.26. The summed E-state index contributed by atoms with van der Waals surface area (Å²) in [5.74, 6) is 1.06. The average molecular weight is 293 g/mol. The minimum absolute atomic E-state index is 0.417. The summed E-state index contributed by atoms with van der Waals surface area (Å²) in [5, 5.41) is 9.79. The van der Waals surface area contributed by atoms with Gasteiger partial charge in [0, 0.05) is 12.6 Å². The van der Waals surface area contributed by atoms with E-state index in [1.54, 1.807) is 0 Å². The lowest BCUT2D eigenvalue weighted by Crippen LogP contribution is -2.30. The van der Waals surface area contributed by atoms with Crippen molar-refractivity contribution in [3.8, 4) is 5.75 Å². The van der Waals surface area contributed by atoms with E-state index in [1.807, 2.05) is 12.1 Å². The Morgan fingerprint density at radius 1 is 1.05 bits per heavy atom. The highest BCUT2D eigenvalue weighted by Gasteiger charge is 2.36. The zero-order valence-corrected chi connectivity index (χ0v) is 12.9. The van der Waals surface area contributed by atoms with E-state index in [0.29, 0.717) is 17.7 Å². The van der Waals surface area contributed by atoms with E-state index in [9.17, 15) is 5.11 Å². The summed E-state index contributed by atoms with van der Waals surface area (Å²) in [6, 6.07) is 17.3. The monoisotopic (exact) mass is 293 g/mol. The summed E-state index contributed by atoms with van der Waals surface area (Å²) in [7, 11) is 0. The maximum atomic E-state index is 9.79. The van der Waals surface area contributed by atoms with Crippen LogP contribution in [0.15, 0.2) is 48.5 Å². The number of phenols is 1. The summed E-state index contributed by atoms with van der Waals surface area (Å²) >= 11 is 0. The van der Waals surface area contributed by atoms with E-state index in [-0.39, 0.29) is 0 Å². The Hall–Kier alpha value is -1.80. The molecule has 0 amide bonds. The molecule has 0 saturated carbocycles. The van der Waals surface area contributed by atoms with Crippen molar-refractivity contribution in [2.24, 2.45) is 0 Å². The first-order chi connectivity index (χ1) is 10.8. The second kappa shape index (κ2) is 5.77. The Labute approximate surface area is 132 Å². The van der Waals surface area contributed by atoms with Crippen LogP contribution in [0.2, 0.25) is 0 Å². The van der Waals surface area contributed by atoms with Crippen molar-refractivity contribution >= 4 is 0 Å². The van der Waals surface area contributed by atoms with Crippen LogP contribution < -0.4 is 0 Å². The molecule has 2 nitrogen and oxygen atoms in total. The van der Waals surface area contributed by atoms with Crippen molar-refractivity contribution in [2.45, 2.75) is 37.6 Å². The van der Waals surface area contributed by atoms with Crippen LogP contribution in [0.5, 0.6) is 5.75 Å². The smallest absolute Gasteiger partial charge is 0.115 e. The molecule has 2 heteroatoms. The summed E-state index contributed by atoms with van der Waals surface area (Å²) in [6.07, 6.45) is 4.88. The number of rotatable bonds is 3. The lowest BCUT2D eigenvalue weighted by molar-refractivity contribution is 0.209. The molecule has 2 aromatic rings. The minimum Gasteiger partial charge on any atom is -0.508 e. The largest absolute Gasteiger partial charge is 0.508 e. The molecule has 0 radical (unpaired) electrons. The molecular weight excluding hydrogens is 270 g/mol. The van der Waals surface area contributed by atoms with Gasteiger partial charge in [-0.3, -0.25) is 4.90 Å². The topological polar surface area (TPSA) is 23.5 Å². The van der Waals surface area contributed by atoms with Crippen molar-refractivity contribution in [2.75, 3.05) is 13.1 Å². The van der Waals surface area contributed by atoms with Gasteiger partial charge in [-0.25, -0.2) is 0 Å². The van der Waals surface area contributed by atoms with E-state index in [2.05, 4.69) is 41.3 Å². The first kappa shape index (κ1) is 13.8. The number of nitrogens with zero attached hydrogens (tertiary/aromatic N) is 1. The number of aromatic hydroxyl groups is 1. The lowest BCUT2D eigenvalue weighted by atomic mass is 9.96. The normalized spacial score (nSPS) is 24.0. The van der Waals surface area contributed by atoms with Crippen LogP contribution in [0.3, 0.4) is 0 Å². The summed E-state index contributed by atoms with van der Waals surface area (Å²) in [6.45, 7) is 2.33. The van der Waals surface area contributed by atoms with Gasteiger partial charge in [0.25, 0.3) is 0 Å². The summed E-state index contributed by atoms with van der Waals surface area (Å²) in [5.41, 5.74) is 4.28. The number of hydrogen-bond acceptors (Lipinski definition) is 2. The van der Waals surface area contributed by atoms with E-state index in [4.69, 9.17) is 0 Å². The van der Waals surface area contributed by atoms with Gasteiger partial charge in [0.2, 0.25) is 0 Å². The molecule has 1 N–H and O–H groups in total. The zero-order valence-electron chi connectivity index (χ0n) is 12.9. The molecule has 4 rings (SSSR count). The maximum Gasteiger partial charge on any atom is 0.115 e. The van der Waals surface area contributed by atoms with Gasteiger partial charge in [0.1, 0.15) is 5.75 Å². The van der Waals surface area contributed by atoms with Gasteiger partial charge in [-0.2, -0.15) is 0 Å². The quantitative estimate of drug-likeness (QED) is 0.914. The standard InChI is InChI=1S/C20H23NO/c22-17-8-9-18-19(14-17)16-7-4-11-21(20(18)13-16)12-10-15-5-2-1-3-6-15/h1-3,5-6,8-9,14,16,20,22H,4,7,10-13H2. The predicted molar refractivity (Wildman–Crippen MR) is 89.2 cm³/mol. The molecule has 1 aliphatic carbocycles. The fourth-order valence-electron chi connectivity index (χ4n) is 4.24. The number of likely N-dealkylation sites (tertiary alicyclic amines) is 1. The Balaban J connectivity index is 1.55. The highest BCUT2D eigenvalue weighted by Crippen LogP contribution is 2.48. The molecule has 2 aromatic carbocycles. The molecule has 114 valence electrons. The van der Waals surface area contributed by atoms with Crippen molar-refractivity contribution in [3.05, 3.63) is 65.2 Å². The molecular formula is C20H23NO. The molecule has 2 atom stereocenters. The third-order valence-electron chi connectivity index (χ3n) is 5.35. The molecule has 2 unspecified atom stereocenters. The van der Waals surface area contributed by atoms with Gasteiger partial charge in [0.15, 0.2) is 0 Å². The van der Waals surface area contributed by atoms with Gasteiger partial charge in [-0.15, -0.1) is 0 Å². The maximum absolute atomic E-state index is 9.79. The zero-order chi connectivity index (χ0) is 14.9. The van der Waals surface area contributed by atoms with Crippen LogP contribution in [-0.4, -0.2) is 23.1 Å². The Morgan fingerprint density at radius 2 is 1.91 bits per heavy atom. The third kappa shape index (κ3) is 2.52. The molecule has 1 saturated heterocycles. The highest BCUT2D eigenvalue weighted by molar-refractivity contribution is 5.43. The molecule has 22 heavy (non-hydrogen) atoms. The lowest BCUT2D eigenvalue weighted by Gasteiger charge is -2.29. The average Bonchev–Trinajstić information content (AvgIpc) is 2.75. The van der Waals surface area contributed by atoms with Crippen LogP contribution in [0.4, 0.5) is 0 Å². The molecule has 2 bridgehead atoms. The van der Waals surface area contributed by atoms with Gasteiger partial charge in [-0.05, 0) is 67.0 Å². The second-order valence-electron chi connectivity index (χ2n) is 6.68. The minimum atomic E-state index is 0.417. The van der Waals surface area contributed by atoms with Crippen molar-refractivity contribution in [1.29, 1.82) is 0 Å². The Bertz CT molecular complexity index is 652. The molecule has 1 fully saturated rings. The fourth-order valence-corrected chi connectivity index (χ4v) is 4.24. The van der Waals surface area contributed by atoms with Crippen molar-refractivity contribution < 1.29 is 5.11 Å². The molecule has 1 aliphatic heterocycles. The van der Waals surface area contributed by atoms with Crippen LogP contribution in [0.25, 0.3) is 0 Å². The molecule has 0 aromatic heterocycles. The number of benzene rings is 2.